The van der Waals surface area contributed by atoms with Gasteiger partial charge in [0.1, 0.15) is 5.69 Å². The molecule has 2 aromatic heterocycles. The molecule has 4 aromatic rings. The van der Waals surface area contributed by atoms with Crippen molar-refractivity contribution in [1.82, 2.24) is 25.1 Å². The minimum absolute atomic E-state index is 0.0268. The minimum Gasteiger partial charge on any atom is -0.397 e. The number of carbonyl (C=O) groups is 2. The van der Waals surface area contributed by atoms with Gasteiger partial charge in [0.25, 0.3) is 11.8 Å². The number of aromatic amines is 1. The van der Waals surface area contributed by atoms with Crippen LogP contribution in [0.4, 0.5) is 5.69 Å². The highest BCUT2D eigenvalue weighted by atomic mass is 16.2. The Hall–Kier alpha value is -4.43. The first-order valence-corrected chi connectivity index (χ1v) is 12.4. The van der Waals surface area contributed by atoms with Crippen LogP contribution in [0.25, 0.3) is 0 Å². The van der Waals surface area contributed by atoms with Crippen LogP contribution in [0.15, 0.2) is 97.5 Å². The number of carbonyl (C=O) groups excluding carboxylic acids is 2. The lowest BCUT2D eigenvalue weighted by molar-refractivity contribution is 0.0382. The van der Waals surface area contributed by atoms with Crippen LogP contribution >= 0.6 is 0 Å². The van der Waals surface area contributed by atoms with Gasteiger partial charge in [-0.15, -0.1) is 0 Å². The lowest BCUT2D eigenvalue weighted by Crippen LogP contribution is -2.59. The molecule has 0 bridgehead atoms. The standard InChI is InChI=1S/C29H30N6O2/c30-24-16-23(17-31-18-24)29(37)34-14-15-35(25(20-34)19-33-28(36)26-12-7-13-32-26)27(21-8-3-1-4-9-21)22-10-5-2-6-11-22/h1-13,16-18,25,27,32H,14-15,19-20,30H2,(H,33,36). The first kappa shape index (κ1) is 24.3. The third kappa shape index (κ3) is 5.54. The number of piperazine rings is 1. The highest BCUT2D eigenvalue weighted by Gasteiger charge is 2.35. The first-order valence-electron chi connectivity index (χ1n) is 12.4. The van der Waals surface area contributed by atoms with E-state index >= 15 is 0 Å². The maximum absolute atomic E-state index is 13.4. The monoisotopic (exact) mass is 494 g/mol. The summed E-state index contributed by atoms with van der Waals surface area (Å²) >= 11 is 0. The molecular weight excluding hydrogens is 464 g/mol. The summed E-state index contributed by atoms with van der Waals surface area (Å²) in [5.41, 5.74) is 9.62. The highest BCUT2D eigenvalue weighted by Crippen LogP contribution is 2.32. The van der Waals surface area contributed by atoms with E-state index in [1.54, 1.807) is 30.6 Å². The fourth-order valence-corrected chi connectivity index (χ4v) is 4.96. The summed E-state index contributed by atoms with van der Waals surface area (Å²) in [6, 6.07) is 25.7. The summed E-state index contributed by atoms with van der Waals surface area (Å²) in [6.45, 7) is 2.02. The van der Waals surface area contributed by atoms with Crippen LogP contribution in [0, 0.1) is 0 Å². The molecule has 1 atom stereocenters. The average molecular weight is 495 g/mol. The molecule has 5 rings (SSSR count). The Morgan fingerprint density at radius 3 is 2.30 bits per heavy atom. The van der Waals surface area contributed by atoms with Gasteiger partial charge in [0.05, 0.1) is 17.3 Å². The van der Waals surface area contributed by atoms with Crippen molar-refractivity contribution in [3.63, 3.8) is 0 Å². The number of nitrogen functional groups attached to an aromatic ring is 1. The van der Waals surface area contributed by atoms with E-state index in [9.17, 15) is 9.59 Å². The van der Waals surface area contributed by atoms with Gasteiger partial charge in [0.2, 0.25) is 0 Å². The molecule has 37 heavy (non-hydrogen) atoms. The quantitative estimate of drug-likeness (QED) is 0.365. The van der Waals surface area contributed by atoms with Crippen molar-refractivity contribution < 1.29 is 9.59 Å². The van der Waals surface area contributed by atoms with Crippen molar-refractivity contribution in [2.75, 3.05) is 31.9 Å². The van der Waals surface area contributed by atoms with Crippen molar-refractivity contribution in [2.24, 2.45) is 0 Å². The predicted molar refractivity (Wildman–Crippen MR) is 143 cm³/mol. The molecule has 1 saturated heterocycles. The number of pyridine rings is 1. The van der Waals surface area contributed by atoms with E-state index in [1.807, 2.05) is 41.3 Å². The van der Waals surface area contributed by atoms with Crippen LogP contribution in [0.2, 0.25) is 0 Å². The molecule has 8 nitrogen and oxygen atoms in total. The maximum Gasteiger partial charge on any atom is 0.267 e. The summed E-state index contributed by atoms with van der Waals surface area (Å²) in [4.78, 5) is 37.4. The van der Waals surface area contributed by atoms with Crippen molar-refractivity contribution in [2.45, 2.75) is 12.1 Å². The van der Waals surface area contributed by atoms with E-state index in [1.165, 1.54) is 6.20 Å². The van der Waals surface area contributed by atoms with E-state index in [2.05, 4.69) is 44.5 Å². The number of nitrogens with two attached hydrogens (primary N) is 1. The van der Waals surface area contributed by atoms with Gasteiger partial charge in [-0.1, -0.05) is 60.7 Å². The van der Waals surface area contributed by atoms with E-state index in [0.29, 0.717) is 43.1 Å². The second-order valence-electron chi connectivity index (χ2n) is 9.17. The van der Waals surface area contributed by atoms with Gasteiger partial charge in [0, 0.05) is 50.8 Å². The van der Waals surface area contributed by atoms with Gasteiger partial charge in [-0.2, -0.15) is 0 Å². The second kappa shape index (κ2) is 11.1. The van der Waals surface area contributed by atoms with Crippen LogP contribution < -0.4 is 11.1 Å². The molecule has 2 aromatic carbocycles. The van der Waals surface area contributed by atoms with Crippen LogP contribution in [0.3, 0.4) is 0 Å². The molecule has 1 aliphatic heterocycles. The number of aromatic nitrogens is 2. The van der Waals surface area contributed by atoms with Gasteiger partial charge in [-0.25, -0.2) is 0 Å². The fraction of sp³-hybridized carbons (Fsp3) is 0.207. The molecule has 188 valence electrons. The van der Waals surface area contributed by atoms with Gasteiger partial charge in [-0.3, -0.25) is 19.5 Å². The predicted octanol–water partition coefficient (Wildman–Crippen LogP) is 3.34. The van der Waals surface area contributed by atoms with E-state index in [0.717, 1.165) is 11.1 Å². The third-order valence-electron chi connectivity index (χ3n) is 6.72. The zero-order valence-corrected chi connectivity index (χ0v) is 20.5. The van der Waals surface area contributed by atoms with E-state index in [-0.39, 0.29) is 23.9 Å². The normalized spacial score (nSPS) is 16.0. The number of anilines is 1. The van der Waals surface area contributed by atoms with Crippen LogP contribution in [0.5, 0.6) is 0 Å². The molecular formula is C29H30N6O2. The third-order valence-corrected chi connectivity index (χ3v) is 6.72. The lowest BCUT2D eigenvalue weighted by Gasteiger charge is -2.45. The zero-order chi connectivity index (χ0) is 25.6. The van der Waals surface area contributed by atoms with Crippen LogP contribution in [-0.2, 0) is 0 Å². The lowest BCUT2D eigenvalue weighted by atomic mass is 9.94. The van der Waals surface area contributed by atoms with Crippen molar-refractivity contribution in [3.8, 4) is 0 Å². The van der Waals surface area contributed by atoms with E-state index < -0.39 is 0 Å². The second-order valence-corrected chi connectivity index (χ2v) is 9.17. The van der Waals surface area contributed by atoms with Crippen molar-refractivity contribution >= 4 is 17.5 Å². The molecule has 8 heteroatoms. The van der Waals surface area contributed by atoms with Crippen molar-refractivity contribution in [1.29, 1.82) is 0 Å². The Kier molecular flexibility index (Phi) is 7.28. The number of hydrogen-bond donors (Lipinski definition) is 3. The summed E-state index contributed by atoms with van der Waals surface area (Å²) in [7, 11) is 0. The Balaban J connectivity index is 1.45. The van der Waals surface area contributed by atoms with Gasteiger partial charge >= 0.3 is 0 Å². The van der Waals surface area contributed by atoms with Gasteiger partial charge in [0.15, 0.2) is 0 Å². The Morgan fingerprint density at radius 2 is 1.68 bits per heavy atom. The Bertz CT molecular complexity index is 1290. The topological polar surface area (TPSA) is 107 Å². The molecule has 0 aliphatic carbocycles. The summed E-state index contributed by atoms with van der Waals surface area (Å²) in [5, 5.41) is 3.07. The fourth-order valence-electron chi connectivity index (χ4n) is 4.96. The highest BCUT2D eigenvalue weighted by molar-refractivity contribution is 5.95. The summed E-state index contributed by atoms with van der Waals surface area (Å²) in [6.07, 6.45) is 4.80. The first-order chi connectivity index (χ1) is 18.1. The minimum atomic E-state index is -0.176. The smallest absolute Gasteiger partial charge is 0.267 e. The molecule has 2 amide bonds. The Labute approximate surface area is 216 Å². The number of amides is 2. The van der Waals surface area contributed by atoms with Crippen LogP contribution in [0.1, 0.15) is 38.0 Å². The summed E-state index contributed by atoms with van der Waals surface area (Å²) < 4.78 is 0. The molecule has 1 fully saturated rings. The number of H-pyrrole nitrogens is 1. The molecule has 1 aliphatic rings. The van der Waals surface area contributed by atoms with Gasteiger partial charge in [-0.05, 0) is 29.3 Å². The molecule has 0 saturated carbocycles. The number of nitrogens with one attached hydrogen (secondary N) is 2. The number of hydrogen-bond acceptors (Lipinski definition) is 5. The number of nitrogens with zero attached hydrogens (tertiary/aromatic N) is 3. The number of rotatable bonds is 7. The average Bonchev–Trinajstić information content (AvgIpc) is 3.49. The van der Waals surface area contributed by atoms with Crippen LogP contribution in [-0.4, -0.2) is 63.8 Å². The maximum atomic E-state index is 13.4. The molecule has 4 N–H and O–H groups in total. The Morgan fingerprint density at radius 1 is 0.973 bits per heavy atom. The van der Waals surface area contributed by atoms with E-state index in [4.69, 9.17) is 5.73 Å². The molecule has 0 spiro atoms. The largest absolute Gasteiger partial charge is 0.397 e. The molecule has 3 heterocycles. The molecule has 1 unspecified atom stereocenters. The number of benzene rings is 2. The molecule has 0 radical (unpaired) electrons. The van der Waals surface area contributed by atoms with Crippen molar-refractivity contribution in [3.05, 3.63) is 120 Å². The van der Waals surface area contributed by atoms with Gasteiger partial charge < -0.3 is 20.9 Å². The zero-order valence-electron chi connectivity index (χ0n) is 20.5. The SMILES string of the molecule is Nc1cncc(C(=O)N2CCN(C(c3ccccc3)c3ccccc3)C(CNC(=O)c3ccc[nH]3)C2)c1. The summed E-state index contributed by atoms with van der Waals surface area (Å²) in [5.74, 6) is -0.291.